The van der Waals surface area contributed by atoms with E-state index in [1.54, 1.807) is 0 Å². The number of hydrogen-bond donors (Lipinski definition) is 1. The van der Waals surface area contributed by atoms with E-state index < -0.39 is 0 Å². The molecule has 0 amide bonds. The van der Waals surface area contributed by atoms with Gasteiger partial charge in [-0.3, -0.25) is 0 Å². The highest BCUT2D eigenvalue weighted by molar-refractivity contribution is 5.66. The van der Waals surface area contributed by atoms with E-state index in [1.807, 2.05) is 19.1 Å². The summed E-state index contributed by atoms with van der Waals surface area (Å²) >= 11 is 0. The van der Waals surface area contributed by atoms with Crippen LogP contribution in [0, 0.1) is 0 Å². The highest BCUT2D eigenvalue weighted by Crippen LogP contribution is 2.34. The van der Waals surface area contributed by atoms with Crippen molar-refractivity contribution in [1.29, 1.82) is 0 Å². The molecule has 1 aliphatic rings. The second kappa shape index (κ2) is 3.00. The zero-order valence-electron chi connectivity index (χ0n) is 7.88. The van der Waals surface area contributed by atoms with Crippen molar-refractivity contribution in [2.75, 3.05) is 0 Å². The van der Waals surface area contributed by atoms with Crippen molar-refractivity contribution < 1.29 is 5.11 Å². The topological polar surface area (TPSA) is 20.2 Å². The monoisotopic (exact) mass is 174 g/mol. The zero-order valence-corrected chi connectivity index (χ0v) is 7.88. The number of aliphatic hydroxyl groups is 1. The molecule has 68 valence electrons. The van der Waals surface area contributed by atoms with E-state index in [9.17, 15) is 5.11 Å². The molecule has 2 rings (SSSR count). The lowest BCUT2D eigenvalue weighted by Gasteiger charge is -2.08. The summed E-state index contributed by atoms with van der Waals surface area (Å²) in [5.74, 6) is 0. The van der Waals surface area contributed by atoms with Gasteiger partial charge in [0.05, 0.1) is 6.10 Å². The summed E-state index contributed by atoms with van der Waals surface area (Å²) in [6.07, 6.45) is 1.59. The van der Waals surface area contributed by atoms with Crippen molar-refractivity contribution in [3.05, 3.63) is 41.5 Å². The van der Waals surface area contributed by atoms with Gasteiger partial charge < -0.3 is 5.11 Å². The lowest BCUT2D eigenvalue weighted by molar-refractivity contribution is 0.180. The van der Waals surface area contributed by atoms with Crippen molar-refractivity contribution in [3.63, 3.8) is 0 Å². The van der Waals surface area contributed by atoms with Crippen molar-refractivity contribution in [2.24, 2.45) is 0 Å². The van der Waals surface area contributed by atoms with Crippen LogP contribution < -0.4 is 0 Å². The van der Waals surface area contributed by atoms with Gasteiger partial charge in [-0.25, -0.2) is 0 Å². The Bertz CT molecular complexity index is 352. The van der Waals surface area contributed by atoms with Gasteiger partial charge in [-0.15, -0.1) is 0 Å². The van der Waals surface area contributed by atoms with Crippen LogP contribution in [0.3, 0.4) is 0 Å². The minimum Gasteiger partial charge on any atom is -0.388 e. The molecule has 0 radical (unpaired) electrons. The first-order chi connectivity index (χ1) is 6.20. The second-order valence-electron chi connectivity index (χ2n) is 3.71. The smallest absolute Gasteiger partial charge is 0.0796 e. The maximum Gasteiger partial charge on any atom is 0.0796 e. The van der Waals surface area contributed by atoms with E-state index in [0.29, 0.717) is 0 Å². The first-order valence-electron chi connectivity index (χ1n) is 4.66. The summed E-state index contributed by atoms with van der Waals surface area (Å²) in [7, 11) is 0. The Hall–Kier alpha value is -1.08. The van der Waals surface area contributed by atoms with Crippen LogP contribution in [0.2, 0.25) is 0 Å². The van der Waals surface area contributed by atoms with Crippen LogP contribution >= 0.6 is 0 Å². The van der Waals surface area contributed by atoms with Crippen LogP contribution in [0.1, 0.15) is 36.1 Å². The molecule has 0 fully saturated rings. The number of benzene rings is 1. The van der Waals surface area contributed by atoms with E-state index in [0.717, 1.165) is 24.0 Å². The number of aliphatic hydroxyl groups excluding tert-OH is 1. The van der Waals surface area contributed by atoms with Gasteiger partial charge in [-0.05, 0) is 36.5 Å². The molecule has 0 aromatic heterocycles. The van der Waals surface area contributed by atoms with Crippen molar-refractivity contribution >= 4 is 5.57 Å². The standard InChI is InChI=1S/C12H14O/c1-8(2)9-4-3-5-11-10(9)6-7-12(11)13/h3-5,12-13H,1,6-7H2,2H3. The maximum atomic E-state index is 9.66. The van der Waals surface area contributed by atoms with Gasteiger partial charge in [-0.1, -0.05) is 30.4 Å². The molecule has 0 bridgehead atoms. The predicted octanol–water partition coefficient (Wildman–Crippen LogP) is 2.70. The average Bonchev–Trinajstić information content (AvgIpc) is 2.48. The molecule has 0 saturated heterocycles. The van der Waals surface area contributed by atoms with Gasteiger partial charge in [0.15, 0.2) is 0 Å². The molecular formula is C12H14O. The quantitative estimate of drug-likeness (QED) is 0.694. The fourth-order valence-electron chi connectivity index (χ4n) is 2.03. The largest absolute Gasteiger partial charge is 0.388 e. The van der Waals surface area contributed by atoms with Gasteiger partial charge in [0, 0.05) is 0 Å². The molecule has 0 aliphatic heterocycles. The normalized spacial score (nSPS) is 20.0. The molecule has 0 saturated carbocycles. The molecule has 0 spiro atoms. The average molecular weight is 174 g/mol. The summed E-state index contributed by atoms with van der Waals surface area (Å²) in [4.78, 5) is 0. The third-order valence-corrected chi connectivity index (χ3v) is 2.70. The summed E-state index contributed by atoms with van der Waals surface area (Å²) in [6, 6.07) is 6.09. The molecule has 1 aromatic carbocycles. The van der Waals surface area contributed by atoms with Gasteiger partial charge in [-0.2, -0.15) is 0 Å². The van der Waals surface area contributed by atoms with Crippen LogP contribution in [0.5, 0.6) is 0 Å². The van der Waals surface area contributed by atoms with Crippen molar-refractivity contribution in [3.8, 4) is 0 Å². The lowest BCUT2D eigenvalue weighted by Crippen LogP contribution is -1.92. The fraction of sp³-hybridized carbons (Fsp3) is 0.333. The van der Waals surface area contributed by atoms with Crippen molar-refractivity contribution in [1.82, 2.24) is 0 Å². The Morgan fingerprint density at radius 3 is 3.00 bits per heavy atom. The number of fused-ring (bicyclic) bond motifs is 1. The minimum atomic E-state index is -0.255. The van der Waals surface area contributed by atoms with Crippen molar-refractivity contribution in [2.45, 2.75) is 25.9 Å². The predicted molar refractivity (Wildman–Crippen MR) is 54.4 cm³/mol. The summed E-state index contributed by atoms with van der Waals surface area (Å²) in [6.45, 7) is 5.96. The third kappa shape index (κ3) is 1.29. The first kappa shape index (κ1) is 8.52. The number of allylic oxidation sites excluding steroid dienone is 1. The van der Waals surface area contributed by atoms with Gasteiger partial charge in [0.2, 0.25) is 0 Å². The van der Waals surface area contributed by atoms with Crippen LogP contribution in [-0.4, -0.2) is 5.11 Å². The molecule has 13 heavy (non-hydrogen) atoms. The third-order valence-electron chi connectivity index (χ3n) is 2.70. The molecule has 0 heterocycles. The lowest BCUT2D eigenvalue weighted by atomic mass is 9.98. The Kier molecular flexibility index (Phi) is 1.97. The Balaban J connectivity index is 2.57. The molecule has 1 atom stereocenters. The zero-order chi connectivity index (χ0) is 9.42. The molecule has 1 aliphatic carbocycles. The van der Waals surface area contributed by atoms with E-state index in [1.165, 1.54) is 11.1 Å². The Labute approximate surface area is 78.7 Å². The molecule has 1 heteroatoms. The molecule has 1 unspecified atom stereocenters. The first-order valence-corrected chi connectivity index (χ1v) is 4.66. The van der Waals surface area contributed by atoms with Crippen LogP contribution in [0.25, 0.3) is 5.57 Å². The molecular weight excluding hydrogens is 160 g/mol. The van der Waals surface area contributed by atoms with E-state index in [4.69, 9.17) is 0 Å². The minimum absolute atomic E-state index is 0.255. The fourth-order valence-corrected chi connectivity index (χ4v) is 2.03. The molecule has 1 N–H and O–H groups in total. The molecule has 1 nitrogen and oxygen atoms in total. The van der Waals surface area contributed by atoms with Gasteiger partial charge in [0.1, 0.15) is 0 Å². The van der Waals surface area contributed by atoms with E-state index in [2.05, 4.69) is 12.6 Å². The Morgan fingerprint density at radius 1 is 1.54 bits per heavy atom. The van der Waals surface area contributed by atoms with Crippen LogP contribution in [0.15, 0.2) is 24.8 Å². The van der Waals surface area contributed by atoms with Crippen LogP contribution in [0.4, 0.5) is 0 Å². The van der Waals surface area contributed by atoms with E-state index >= 15 is 0 Å². The second-order valence-corrected chi connectivity index (χ2v) is 3.71. The van der Waals surface area contributed by atoms with Gasteiger partial charge in [0.25, 0.3) is 0 Å². The highest BCUT2D eigenvalue weighted by atomic mass is 16.3. The number of hydrogen-bond acceptors (Lipinski definition) is 1. The summed E-state index contributed by atoms with van der Waals surface area (Å²) in [5.41, 5.74) is 4.70. The maximum absolute atomic E-state index is 9.66. The summed E-state index contributed by atoms with van der Waals surface area (Å²) < 4.78 is 0. The number of rotatable bonds is 1. The molecule has 1 aromatic rings. The van der Waals surface area contributed by atoms with Gasteiger partial charge >= 0.3 is 0 Å². The van der Waals surface area contributed by atoms with Crippen LogP contribution in [-0.2, 0) is 6.42 Å². The highest BCUT2D eigenvalue weighted by Gasteiger charge is 2.22. The Morgan fingerprint density at radius 2 is 2.31 bits per heavy atom. The van der Waals surface area contributed by atoms with E-state index in [-0.39, 0.29) is 6.10 Å². The SMILES string of the molecule is C=C(C)c1cccc2c1CCC2O. The summed E-state index contributed by atoms with van der Waals surface area (Å²) in [5, 5.41) is 9.66.